The van der Waals surface area contributed by atoms with Crippen molar-refractivity contribution in [3.05, 3.63) is 58.6 Å². The monoisotopic (exact) mass is 231 g/mol. The molecule has 2 heteroatoms. The highest BCUT2D eigenvalue weighted by molar-refractivity contribution is 6.34. The van der Waals surface area contributed by atoms with Crippen LogP contribution < -0.4 is 5.32 Å². The van der Waals surface area contributed by atoms with Gasteiger partial charge in [0.25, 0.3) is 0 Å². The van der Waals surface area contributed by atoms with Crippen LogP contribution in [0.4, 0.5) is 11.4 Å². The average molecular weight is 232 g/mol. The van der Waals surface area contributed by atoms with Crippen LogP contribution in [0, 0.1) is 13.8 Å². The van der Waals surface area contributed by atoms with Gasteiger partial charge in [0.1, 0.15) is 0 Å². The summed E-state index contributed by atoms with van der Waals surface area (Å²) in [5, 5.41) is 4.11. The first-order chi connectivity index (χ1) is 7.66. The SMILES string of the molecule is Cc1cc(C)c(Cl)c(Nc2ccccc2)c1. The average Bonchev–Trinajstić information content (AvgIpc) is 2.27. The molecule has 82 valence electrons. The maximum absolute atomic E-state index is 6.25. The largest absolute Gasteiger partial charge is 0.354 e. The van der Waals surface area contributed by atoms with Gasteiger partial charge in [-0.15, -0.1) is 0 Å². The smallest absolute Gasteiger partial charge is 0.0670 e. The second kappa shape index (κ2) is 4.58. The van der Waals surface area contributed by atoms with Crippen molar-refractivity contribution in [2.24, 2.45) is 0 Å². The van der Waals surface area contributed by atoms with Crippen molar-refractivity contribution < 1.29 is 0 Å². The normalized spacial score (nSPS) is 10.2. The summed E-state index contributed by atoms with van der Waals surface area (Å²) in [6, 6.07) is 14.2. The fourth-order valence-electron chi connectivity index (χ4n) is 1.72. The number of anilines is 2. The highest BCUT2D eigenvalue weighted by atomic mass is 35.5. The third kappa shape index (κ3) is 2.37. The molecule has 0 aliphatic rings. The summed E-state index contributed by atoms with van der Waals surface area (Å²) in [7, 11) is 0. The van der Waals surface area contributed by atoms with Crippen molar-refractivity contribution in [2.75, 3.05) is 5.32 Å². The molecule has 16 heavy (non-hydrogen) atoms. The van der Waals surface area contributed by atoms with Gasteiger partial charge in [-0.1, -0.05) is 35.9 Å². The Morgan fingerprint density at radius 1 is 1.00 bits per heavy atom. The molecule has 1 N–H and O–H groups in total. The topological polar surface area (TPSA) is 12.0 Å². The van der Waals surface area contributed by atoms with Crippen molar-refractivity contribution in [3.8, 4) is 0 Å². The zero-order valence-corrected chi connectivity index (χ0v) is 10.2. The lowest BCUT2D eigenvalue weighted by Gasteiger charge is -2.11. The van der Waals surface area contributed by atoms with Gasteiger partial charge in [0.15, 0.2) is 0 Å². The molecule has 0 aliphatic heterocycles. The molecule has 0 saturated carbocycles. The number of nitrogens with one attached hydrogen (secondary N) is 1. The number of para-hydroxylation sites is 1. The molecule has 0 spiro atoms. The lowest BCUT2D eigenvalue weighted by molar-refractivity contribution is 1.37. The van der Waals surface area contributed by atoms with Gasteiger partial charge in [0, 0.05) is 5.69 Å². The molecule has 0 saturated heterocycles. The van der Waals surface area contributed by atoms with Gasteiger partial charge in [-0.2, -0.15) is 0 Å². The lowest BCUT2D eigenvalue weighted by atomic mass is 10.1. The summed E-state index contributed by atoms with van der Waals surface area (Å²) in [5.74, 6) is 0. The van der Waals surface area contributed by atoms with Gasteiger partial charge in [0.05, 0.1) is 10.7 Å². The highest BCUT2D eigenvalue weighted by Gasteiger charge is 2.04. The zero-order valence-electron chi connectivity index (χ0n) is 9.42. The van der Waals surface area contributed by atoms with E-state index in [1.165, 1.54) is 5.56 Å². The van der Waals surface area contributed by atoms with Gasteiger partial charge in [-0.25, -0.2) is 0 Å². The molecule has 0 radical (unpaired) electrons. The minimum Gasteiger partial charge on any atom is -0.354 e. The molecule has 0 bridgehead atoms. The highest BCUT2D eigenvalue weighted by Crippen LogP contribution is 2.29. The fraction of sp³-hybridized carbons (Fsp3) is 0.143. The van der Waals surface area contributed by atoms with Crippen molar-refractivity contribution in [3.63, 3.8) is 0 Å². The Kier molecular flexibility index (Phi) is 3.16. The van der Waals surface area contributed by atoms with Gasteiger partial charge in [-0.05, 0) is 43.2 Å². The maximum atomic E-state index is 6.25. The summed E-state index contributed by atoms with van der Waals surface area (Å²) >= 11 is 6.25. The fourth-order valence-corrected chi connectivity index (χ4v) is 1.87. The molecular formula is C14H14ClN. The molecule has 2 rings (SSSR count). The van der Waals surface area contributed by atoms with Crippen LogP contribution in [0.3, 0.4) is 0 Å². The van der Waals surface area contributed by atoms with E-state index in [9.17, 15) is 0 Å². The standard InChI is InChI=1S/C14H14ClN/c1-10-8-11(2)14(15)13(9-10)16-12-6-4-3-5-7-12/h3-9,16H,1-2H3. The van der Waals surface area contributed by atoms with E-state index in [1.54, 1.807) is 0 Å². The lowest BCUT2D eigenvalue weighted by Crippen LogP contribution is -1.93. The number of hydrogen-bond acceptors (Lipinski definition) is 1. The molecule has 0 heterocycles. The van der Waals surface area contributed by atoms with Crippen LogP contribution >= 0.6 is 11.6 Å². The predicted octanol–water partition coefficient (Wildman–Crippen LogP) is 4.70. The van der Waals surface area contributed by atoms with E-state index in [-0.39, 0.29) is 0 Å². The van der Waals surface area contributed by atoms with Crippen LogP contribution in [0.1, 0.15) is 11.1 Å². The first-order valence-corrected chi connectivity index (χ1v) is 5.63. The van der Waals surface area contributed by atoms with Crippen molar-refractivity contribution in [1.82, 2.24) is 0 Å². The first-order valence-electron chi connectivity index (χ1n) is 5.25. The van der Waals surface area contributed by atoms with Crippen LogP contribution in [-0.4, -0.2) is 0 Å². The molecule has 0 fully saturated rings. The van der Waals surface area contributed by atoms with Crippen LogP contribution in [0.2, 0.25) is 5.02 Å². The molecule has 1 nitrogen and oxygen atoms in total. The summed E-state index contributed by atoms with van der Waals surface area (Å²) in [4.78, 5) is 0. The van der Waals surface area contributed by atoms with Gasteiger partial charge < -0.3 is 5.32 Å². The van der Waals surface area contributed by atoms with Crippen LogP contribution in [-0.2, 0) is 0 Å². The van der Waals surface area contributed by atoms with E-state index in [0.29, 0.717) is 0 Å². The van der Waals surface area contributed by atoms with Gasteiger partial charge in [0.2, 0.25) is 0 Å². The zero-order chi connectivity index (χ0) is 11.5. The summed E-state index contributed by atoms with van der Waals surface area (Å²) in [6.45, 7) is 4.09. The number of benzene rings is 2. The maximum Gasteiger partial charge on any atom is 0.0670 e. The molecular weight excluding hydrogens is 218 g/mol. The van der Waals surface area contributed by atoms with E-state index in [4.69, 9.17) is 11.6 Å². The van der Waals surface area contributed by atoms with Crippen molar-refractivity contribution >= 4 is 23.0 Å². The third-order valence-corrected chi connectivity index (χ3v) is 2.95. The Morgan fingerprint density at radius 3 is 2.38 bits per heavy atom. The summed E-state index contributed by atoms with van der Waals surface area (Å²) < 4.78 is 0. The Morgan fingerprint density at radius 2 is 1.69 bits per heavy atom. The van der Waals surface area contributed by atoms with Crippen molar-refractivity contribution in [2.45, 2.75) is 13.8 Å². The minimum atomic E-state index is 0.787. The second-order valence-electron chi connectivity index (χ2n) is 3.93. The molecule has 0 atom stereocenters. The van der Waals surface area contributed by atoms with Crippen LogP contribution in [0.25, 0.3) is 0 Å². The Balaban J connectivity index is 2.35. The van der Waals surface area contributed by atoms with E-state index < -0.39 is 0 Å². The number of halogens is 1. The van der Waals surface area contributed by atoms with Gasteiger partial charge >= 0.3 is 0 Å². The molecule has 0 amide bonds. The van der Waals surface area contributed by atoms with E-state index in [0.717, 1.165) is 22.0 Å². The predicted molar refractivity (Wildman–Crippen MR) is 70.7 cm³/mol. The molecule has 2 aromatic rings. The number of rotatable bonds is 2. The summed E-state index contributed by atoms with van der Waals surface area (Å²) in [5.41, 5.74) is 4.32. The Labute approximate surface area is 101 Å². The number of hydrogen-bond donors (Lipinski definition) is 1. The molecule has 2 aromatic carbocycles. The third-order valence-electron chi connectivity index (χ3n) is 2.45. The van der Waals surface area contributed by atoms with Crippen LogP contribution in [0.5, 0.6) is 0 Å². The van der Waals surface area contributed by atoms with E-state index >= 15 is 0 Å². The Hall–Kier alpha value is -1.47. The molecule has 0 aliphatic carbocycles. The first kappa shape index (κ1) is 11.0. The van der Waals surface area contributed by atoms with E-state index in [2.05, 4.69) is 24.4 Å². The van der Waals surface area contributed by atoms with Crippen molar-refractivity contribution in [1.29, 1.82) is 0 Å². The second-order valence-corrected chi connectivity index (χ2v) is 4.31. The van der Waals surface area contributed by atoms with E-state index in [1.807, 2.05) is 37.3 Å². The van der Waals surface area contributed by atoms with Crippen LogP contribution in [0.15, 0.2) is 42.5 Å². The Bertz CT molecular complexity index is 492. The quantitative estimate of drug-likeness (QED) is 0.790. The molecule has 0 unspecified atom stereocenters. The minimum absolute atomic E-state index is 0.787. The summed E-state index contributed by atoms with van der Waals surface area (Å²) in [6.07, 6.45) is 0. The molecule has 0 aromatic heterocycles. The van der Waals surface area contributed by atoms with Gasteiger partial charge in [-0.3, -0.25) is 0 Å². The number of aryl methyl sites for hydroxylation is 2.